The van der Waals surface area contributed by atoms with E-state index in [-0.39, 0.29) is 0 Å². The average Bonchev–Trinajstić information content (AvgIpc) is 1.81. The van der Waals surface area contributed by atoms with E-state index in [4.69, 9.17) is 0 Å². The zero-order chi connectivity index (χ0) is 6.24. The molecule has 0 aliphatic heterocycles. The van der Waals surface area contributed by atoms with Crippen molar-refractivity contribution < 1.29 is 0 Å². The first kappa shape index (κ1) is 7.81. The summed E-state index contributed by atoms with van der Waals surface area (Å²) in [5.41, 5.74) is 0. The van der Waals surface area contributed by atoms with Gasteiger partial charge in [0.25, 0.3) is 0 Å². The second kappa shape index (κ2) is 6.81. The molecule has 2 nitrogen and oxygen atoms in total. The Labute approximate surface area is 62.6 Å². The molecule has 0 saturated heterocycles. The van der Waals surface area contributed by atoms with Gasteiger partial charge in [-0.05, 0) is 4.08 Å². The minimum Gasteiger partial charge on any atom is -0.295 e. The highest BCUT2D eigenvalue weighted by molar-refractivity contribution is 14.1. The lowest BCUT2D eigenvalue weighted by Crippen LogP contribution is -1.69. The lowest BCUT2D eigenvalue weighted by Gasteiger charge is -1.68. The van der Waals surface area contributed by atoms with Crippen molar-refractivity contribution in [1.29, 1.82) is 0 Å². The van der Waals surface area contributed by atoms with Crippen LogP contribution < -0.4 is 0 Å². The lowest BCUT2D eigenvalue weighted by atomic mass is 10.8. The van der Waals surface area contributed by atoms with Gasteiger partial charge in [0.05, 0.1) is 0 Å². The highest BCUT2D eigenvalue weighted by Crippen LogP contribution is 1.81. The molecule has 0 N–H and O–H groups in total. The highest BCUT2D eigenvalue weighted by atomic mass is 127. The summed E-state index contributed by atoms with van der Waals surface area (Å²) < 4.78 is 1.83. The van der Waals surface area contributed by atoms with Crippen LogP contribution in [0.15, 0.2) is 20.3 Å². The first-order valence-electron chi connectivity index (χ1n) is 2.11. The van der Waals surface area contributed by atoms with Crippen molar-refractivity contribution in [3.05, 3.63) is 10.3 Å². The van der Waals surface area contributed by atoms with Crippen molar-refractivity contribution in [3.8, 4) is 0 Å². The smallest absolute Gasteiger partial charge is 0.0446 e. The van der Waals surface area contributed by atoms with Crippen molar-refractivity contribution >= 4 is 35.0 Å². The number of halogens is 1. The standard InChI is InChI=1S/C5H7IN2/c1-7-4-5-8-3-2-6/h2-5H,1H3/b3-2-,7-4+,8-5-. The Hall–Kier alpha value is -0.190. The SMILES string of the molecule is C/N=C/C=N\C=C/I. The molecule has 44 valence electrons. The first-order chi connectivity index (χ1) is 3.91. The third-order valence-electron chi connectivity index (χ3n) is 0.444. The van der Waals surface area contributed by atoms with Gasteiger partial charge >= 0.3 is 0 Å². The van der Waals surface area contributed by atoms with Crippen molar-refractivity contribution in [1.82, 2.24) is 0 Å². The van der Waals surface area contributed by atoms with Gasteiger partial charge < -0.3 is 0 Å². The molecule has 0 aliphatic rings. The Morgan fingerprint density at radius 3 is 2.62 bits per heavy atom. The van der Waals surface area contributed by atoms with Crippen molar-refractivity contribution in [2.45, 2.75) is 0 Å². The molecule has 0 aromatic rings. The van der Waals surface area contributed by atoms with E-state index >= 15 is 0 Å². The van der Waals surface area contributed by atoms with Crippen LogP contribution in [-0.4, -0.2) is 19.5 Å². The van der Waals surface area contributed by atoms with Crippen LogP contribution in [-0.2, 0) is 0 Å². The van der Waals surface area contributed by atoms with Gasteiger partial charge in [0.15, 0.2) is 0 Å². The second-order valence-corrected chi connectivity index (χ2v) is 1.70. The highest BCUT2D eigenvalue weighted by Gasteiger charge is 1.56. The van der Waals surface area contributed by atoms with Crippen LogP contribution in [0.2, 0.25) is 0 Å². The van der Waals surface area contributed by atoms with Crippen LogP contribution in [0.5, 0.6) is 0 Å². The second-order valence-electron chi connectivity index (χ2n) is 0.980. The molecule has 0 aromatic carbocycles. The molecule has 0 rings (SSSR count). The molecule has 0 bridgehead atoms. The third-order valence-corrected chi connectivity index (χ3v) is 0.766. The van der Waals surface area contributed by atoms with Gasteiger partial charge in [0.1, 0.15) is 0 Å². The van der Waals surface area contributed by atoms with Crippen molar-refractivity contribution in [2.24, 2.45) is 9.98 Å². The fourth-order valence-corrected chi connectivity index (χ4v) is 0.373. The van der Waals surface area contributed by atoms with E-state index in [2.05, 4.69) is 32.6 Å². The maximum atomic E-state index is 3.82. The van der Waals surface area contributed by atoms with Crippen molar-refractivity contribution in [2.75, 3.05) is 7.05 Å². The monoisotopic (exact) mass is 222 g/mol. The van der Waals surface area contributed by atoms with Gasteiger partial charge in [-0.15, -0.1) is 0 Å². The minimum absolute atomic E-state index is 1.63. The fraction of sp³-hybridized carbons (Fsp3) is 0.200. The summed E-state index contributed by atoms with van der Waals surface area (Å²) in [6.07, 6.45) is 4.97. The van der Waals surface area contributed by atoms with Crippen LogP contribution in [0, 0.1) is 0 Å². The van der Waals surface area contributed by atoms with Crippen LogP contribution in [0.1, 0.15) is 0 Å². The summed E-state index contributed by atoms with van der Waals surface area (Å²) in [6, 6.07) is 0. The Kier molecular flexibility index (Phi) is 6.65. The molecular weight excluding hydrogens is 215 g/mol. The molecule has 8 heavy (non-hydrogen) atoms. The Bertz CT molecular complexity index is 102. The lowest BCUT2D eigenvalue weighted by molar-refractivity contribution is 1.48. The van der Waals surface area contributed by atoms with E-state index in [0.29, 0.717) is 0 Å². The number of hydrogen-bond donors (Lipinski definition) is 0. The van der Waals surface area contributed by atoms with Gasteiger partial charge in [-0.25, -0.2) is 0 Å². The zero-order valence-corrected chi connectivity index (χ0v) is 6.74. The summed E-state index contributed by atoms with van der Waals surface area (Å²) in [6.45, 7) is 0. The number of nitrogens with zero attached hydrogens (tertiary/aromatic N) is 2. The topological polar surface area (TPSA) is 24.7 Å². The molecule has 0 radical (unpaired) electrons. The summed E-state index contributed by atoms with van der Waals surface area (Å²) in [4.78, 5) is 7.51. The summed E-state index contributed by atoms with van der Waals surface area (Å²) in [7, 11) is 1.71. The van der Waals surface area contributed by atoms with E-state index in [1.807, 2.05) is 4.08 Å². The first-order valence-corrected chi connectivity index (χ1v) is 3.35. The van der Waals surface area contributed by atoms with Gasteiger partial charge in [-0.3, -0.25) is 9.98 Å². The summed E-state index contributed by atoms with van der Waals surface area (Å²) >= 11 is 2.10. The molecule has 0 aromatic heterocycles. The predicted octanol–water partition coefficient (Wildman–Crippen LogP) is 1.66. The average molecular weight is 222 g/mol. The largest absolute Gasteiger partial charge is 0.295 e. The number of hydrogen-bond acceptors (Lipinski definition) is 2. The molecule has 0 amide bonds. The molecule has 0 saturated carbocycles. The van der Waals surface area contributed by atoms with Crippen LogP contribution in [0.3, 0.4) is 0 Å². The van der Waals surface area contributed by atoms with Gasteiger partial charge in [0, 0.05) is 25.7 Å². The number of aliphatic imine (C=N–C) groups is 2. The zero-order valence-electron chi connectivity index (χ0n) is 4.58. The predicted molar refractivity (Wildman–Crippen MR) is 46.1 cm³/mol. The Morgan fingerprint density at radius 2 is 2.12 bits per heavy atom. The molecule has 0 atom stereocenters. The molecule has 0 spiro atoms. The van der Waals surface area contributed by atoms with Crippen LogP contribution in [0.25, 0.3) is 0 Å². The van der Waals surface area contributed by atoms with E-state index in [9.17, 15) is 0 Å². The Morgan fingerprint density at radius 1 is 1.38 bits per heavy atom. The van der Waals surface area contributed by atoms with Gasteiger partial charge in [0.2, 0.25) is 0 Å². The number of rotatable bonds is 2. The van der Waals surface area contributed by atoms with E-state index in [1.165, 1.54) is 0 Å². The van der Waals surface area contributed by atoms with Crippen LogP contribution in [0.4, 0.5) is 0 Å². The van der Waals surface area contributed by atoms with E-state index in [0.717, 1.165) is 0 Å². The summed E-state index contributed by atoms with van der Waals surface area (Å²) in [5, 5.41) is 0. The normalized spacial score (nSPS) is 12.8. The molecule has 3 heteroatoms. The summed E-state index contributed by atoms with van der Waals surface area (Å²) in [5.74, 6) is 0. The minimum atomic E-state index is 1.63. The van der Waals surface area contributed by atoms with Crippen molar-refractivity contribution in [3.63, 3.8) is 0 Å². The van der Waals surface area contributed by atoms with Crippen LogP contribution >= 0.6 is 22.6 Å². The van der Waals surface area contributed by atoms with E-state index < -0.39 is 0 Å². The van der Waals surface area contributed by atoms with Gasteiger partial charge in [-0.2, -0.15) is 0 Å². The molecule has 0 unspecified atom stereocenters. The Balaban J connectivity index is 3.35. The van der Waals surface area contributed by atoms with Gasteiger partial charge in [-0.1, -0.05) is 22.6 Å². The maximum absolute atomic E-state index is 3.82. The fourth-order valence-electron chi connectivity index (χ4n) is 0.187. The molecule has 0 heterocycles. The quantitative estimate of drug-likeness (QED) is 0.501. The molecular formula is C5H7IN2. The third kappa shape index (κ3) is 5.81. The molecule has 0 aliphatic carbocycles. The van der Waals surface area contributed by atoms with E-state index in [1.54, 1.807) is 25.7 Å². The maximum Gasteiger partial charge on any atom is 0.0446 e. The molecule has 0 fully saturated rings.